The molecule has 2 aromatic carbocycles. The topological polar surface area (TPSA) is 45.0 Å². The number of nitrogens with zero attached hydrogens (tertiary/aromatic N) is 1. The average Bonchev–Trinajstić information content (AvgIpc) is 2.52. The number of hydrogen-bond donors (Lipinski definition) is 1. The van der Waals surface area contributed by atoms with Gasteiger partial charge in [-0.1, -0.05) is 24.3 Å². The maximum absolute atomic E-state index is 12.9. The summed E-state index contributed by atoms with van der Waals surface area (Å²) in [5.74, 6) is 0.464. The minimum absolute atomic E-state index is 0.0548. The molecule has 21 heavy (non-hydrogen) atoms. The van der Waals surface area contributed by atoms with Gasteiger partial charge in [0.15, 0.2) is 6.61 Å². The molecule has 0 bridgehead atoms. The highest BCUT2D eigenvalue weighted by molar-refractivity contribution is 5.27. The van der Waals surface area contributed by atoms with Gasteiger partial charge in [0.05, 0.1) is 0 Å². The molecule has 0 aromatic heterocycles. The molecule has 0 heterocycles. The van der Waals surface area contributed by atoms with Crippen molar-refractivity contribution in [2.24, 2.45) is 0 Å². The number of hydrogen-bond acceptors (Lipinski definition) is 3. The van der Waals surface area contributed by atoms with Crippen molar-refractivity contribution in [3.63, 3.8) is 0 Å². The van der Waals surface area contributed by atoms with E-state index in [0.29, 0.717) is 12.3 Å². The van der Waals surface area contributed by atoms with Crippen LogP contribution >= 0.6 is 0 Å². The number of nitriles is 1. The largest absolute Gasteiger partial charge is 0.479 e. The van der Waals surface area contributed by atoms with E-state index in [-0.39, 0.29) is 18.5 Å². The van der Waals surface area contributed by atoms with Crippen molar-refractivity contribution in [3.8, 4) is 11.8 Å². The van der Waals surface area contributed by atoms with Crippen LogP contribution in [-0.2, 0) is 6.54 Å². The van der Waals surface area contributed by atoms with Crippen molar-refractivity contribution in [2.45, 2.75) is 19.5 Å². The Labute approximate surface area is 124 Å². The van der Waals surface area contributed by atoms with Crippen molar-refractivity contribution in [1.82, 2.24) is 5.32 Å². The predicted octanol–water partition coefficient (Wildman–Crippen LogP) is 3.58. The summed E-state index contributed by atoms with van der Waals surface area (Å²) in [4.78, 5) is 0. The van der Waals surface area contributed by atoms with Crippen molar-refractivity contribution in [1.29, 1.82) is 5.26 Å². The van der Waals surface area contributed by atoms with Crippen molar-refractivity contribution >= 4 is 0 Å². The summed E-state index contributed by atoms with van der Waals surface area (Å²) in [6, 6.07) is 16.2. The third-order valence-corrected chi connectivity index (χ3v) is 3.21. The maximum atomic E-state index is 12.9. The van der Waals surface area contributed by atoms with Gasteiger partial charge < -0.3 is 10.1 Å². The predicted molar refractivity (Wildman–Crippen MR) is 79.2 cm³/mol. The third kappa shape index (κ3) is 4.59. The van der Waals surface area contributed by atoms with E-state index in [1.165, 1.54) is 12.1 Å². The second-order valence-corrected chi connectivity index (χ2v) is 4.74. The summed E-state index contributed by atoms with van der Waals surface area (Å²) < 4.78 is 18.1. The average molecular weight is 284 g/mol. The fraction of sp³-hybridized carbons (Fsp3) is 0.235. The van der Waals surface area contributed by atoms with E-state index in [4.69, 9.17) is 10.00 Å². The first-order valence-corrected chi connectivity index (χ1v) is 6.76. The van der Waals surface area contributed by atoms with Gasteiger partial charge in [0.1, 0.15) is 17.6 Å². The molecule has 0 radical (unpaired) electrons. The van der Waals surface area contributed by atoms with Gasteiger partial charge in [-0.2, -0.15) is 5.26 Å². The normalized spacial score (nSPS) is 11.7. The molecular formula is C17H17FN2O. The fourth-order valence-corrected chi connectivity index (χ4v) is 1.96. The van der Waals surface area contributed by atoms with E-state index >= 15 is 0 Å². The second-order valence-electron chi connectivity index (χ2n) is 4.74. The van der Waals surface area contributed by atoms with Crippen LogP contribution in [0.1, 0.15) is 24.1 Å². The van der Waals surface area contributed by atoms with Gasteiger partial charge in [-0.15, -0.1) is 0 Å². The van der Waals surface area contributed by atoms with Crippen LogP contribution in [0.15, 0.2) is 48.5 Å². The number of nitrogens with one attached hydrogen (secondary N) is 1. The summed E-state index contributed by atoms with van der Waals surface area (Å²) in [6.07, 6.45) is 0. The first kappa shape index (κ1) is 15.0. The lowest BCUT2D eigenvalue weighted by Gasteiger charge is -2.14. The molecule has 2 rings (SSSR count). The van der Waals surface area contributed by atoms with Crippen molar-refractivity contribution in [3.05, 3.63) is 65.5 Å². The molecule has 4 heteroatoms. The number of benzene rings is 2. The molecule has 3 nitrogen and oxygen atoms in total. The molecule has 0 saturated heterocycles. The zero-order chi connectivity index (χ0) is 15.1. The monoisotopic (exact) mass is 284 g/mol. The van der Waals surface area contributed by atoms with E-state index in [1.54, 1.807) is 12.1 Å². The Hall–Kier alpha value is -2.38. The molecule has 1 atom stereocenters. The quantitative estimate of drug-likeness (QED) is 0.882. The van der Waals surface area contributed by atoms with Gasteiger partial charge in [-0.25, -0.2) is 4.39 Å². The zero-order valence-electron chi connectivity index (χ0n) is 11.8. The third-order valence-electron chi connectivity index (χ3n) is 3.21. The lowest BCUT2D eigenvalue weighted by molar-refractivity contribution is 0.368. The summed E-state index contributed by atoms with van der Waals surface area (Å²) >= 11 is 0. The summed E-state index contributed by atoms with van der Waals surface area (Å²) in [5.41, 5.74) is 2.17. The van der Waals surface area contributed by atoms with Gasteiger partial charge in [0.2, 0.25) is 0 Å². The van der Waals surface area contributed by atoms with Crippen LogP contribution in [0.25, 0.3) is 0 Å². The zero-order valence-corrected chi connectivity index (χ0v) is 11.8. The van der Waals surface area contributed by atoms with Crippen molar-refractivity contribution in [2.75, 3.05) is 6.61 Å². The molecule has 0 aliphatic carbocycles. The smallest absolute Gasteiger partial charge is 0.174 e. The molecule has 2 aromatic rings. The van der Waals surface area contributed by atoms with E-state index in [0.717, 1.165) is 11.1 Å². The Kier molecular flexibility index (Phi) is 5.30. The van der Waals surface area contributed by atoms with Gasteiger partial charge >= 0.3 is 0 Å². The van der Waals surface area contributed by atoms with Gasteiger partial charge in [0.25, 0.3) is 0 Å². The van der Waals surface area contributed by atoms with Crippen LogP contribution in [0.5, 0.6) is 5.75 Å². The molecule has 108 valence electrons. The van der Waals surface area contributed by atoms with Crippen LogP contribution in [0, 0.1) is 17.1 Å². The van der Waals surface area contributed by atoms with Crippen molar-refractivity contribution < 1.29 is 9.13 Å². The minimum atomic E-state index is -0.223. The number of halogens is 1. The molecule has 0 fully saturated rings. The first-order valence-electron chi connectivity index (χ1n) is 6.76. The SMILES string of the molecule is CC(NCc1ccc(OCC#N)cc1)c1ccc(F)cc1. The Morgan fingerprint density at radius 1 is 1.14 bits per heavy atom. The van der Waals surface area contributed by atoms with Crippen LogP contribution in [0.3, 0.4) is 0 Å². The van der Waals surface area contributed by atoms with Crippen LogP contribution < -0.4 is 10.1 Å². The Morgan fingerprint density at radius 3 is 2.43 bits per heavy atom. The second kappa shape index (κ2) is 7.41. The first-order chi connectivity index (χ1) is 10.2. The summed E-state index contributed by atoms with van der Waals surface area (Å²) in [5, 5.41) is 11.8. The molecule has 0 saturated carbocycles. The highest BCUT2D eigenvalue weighted by Gasteiger charge is 2.05. The Balaban J connectivity index is 1.87. The lowest BCUT2D eigenvalue weighted by atomic mass is 10.1. The highest BCUT2D eigenvalue weighted by Crippen LogP contribution is 2.15. The summed E-state index contributed by atoms with van der Waals surface area (Å²) in [7, 11) is 0. The van der Waals surface area contributed by atoms with E-state index in [2.05, 4.69) is 5.32 Å². The maximum Gasteiger partial charge on any atom is 0.174 e. The standard InChI is InChI=1S/C17H17FN2O/c1-13(15-4-6-16(18)7-5-15)20-12-14-2-8-17(9-3-14)21-11-10-19/h2-9,13,20H,11-12H2,1H3. The molecular weight excluding hydrogens is 267 g/mol. The minimum Gasteiger partial charge on any atom is -0.479 e. The van der Waals surface area contributed by atoms with E-state index < -0.39 is 0 Å². The Morgan fingerprint density at radius 2 is 1.81 bits per heavy atom. The van der Waals surface area contributed by atoms with Gasteiger partial charge in [-0.05, 0) is 42.3 Å². The molecule has 0 amide bonds. The molecule has 1 unspecified atom stereocenters. The van der Waals surface area contributed by atoms with E-state index in [9.17, 15) is 4.39 Å². The molecule has 0 aliphatic heterocycles. The number of ether oxygens (including phenoxy) is 1. The Bertz CT molecular complexity index is 602. The van der Waals surface area contributed by atoms with Gasteiger partial charge in [0, 0.05) is 12.6 Å². The van der Waals surface area contributed by atoms with Crippen LogP contribution in [-0.4, -0.2) is 6.61 Å². The summed E-state index contributed by atoms with van der Waals surface area (Å²) in [6.45, 7) is 2.80. The molecule has 0 spiro atoms. The highest BCUT2D eigenvalue weighted by atomic mass is 19.1. The van der Waals surface area contributed by atoms with E-state index in [1.807, 2.05) is 37.3 Å². The molecule has 0 aliphatic rings. The van der Waals surface area contributed by atoms with Crippen LogP contribution in [0.4, 0.5) is 4.39 Å². The fourth-order valence-electron chi connectivity index (χ4n) is 1.96. The van der Waals surface area contributed by atoms with Crippen LogP contribution in [0.2, 0.25) is 0 Å². The van der Waals surface area contributed by atoms with Gasteiger partial charge in [-0.3, -0.25) is 0 Å². The molecule has 1 N–H and O–H groups in total. The number of rotatable bonds is 6. The lowest BCUT2D eigenvalue weighted by Crippen LogP contribution is -2.18.